The molecule has 162 valence electrons. The zero-order valence-electron chi connectivity index (χ0n) is 16.5. The number of nitrogens with one attached hydrogen (secondary N) is 1. The minimum Gasteiger partial charge on any atom is -0.363 e. The predicted molar refractivity (Wildman–Crippen MR) is 97.7 cm³/mol. The molecule has 2 heterocycles. The van der Waals surface area contributed by atoms with Crippen LogP contribution in [0.25, 0.3) is 5.78 Å². The van der Waals surface area contributed by atoms with E-state index in [9.17, 15) is 26.3 Å². The van der Waals surface area contributed by atoms with Gasteiger partial charge in [-0.05, 0) is 30.0 Å². The second-order valence-electron chi connectivity index (χ2n) is 7.95. The Kier molecular flexibility index (Phi) is 5.42. The van der Waals surface area contributed by atoms with Crippen molar-refractivity contribution < 1.29 is 26.3 Å². The number of alkyl halides is 5. The van der Waals surface area contributed by atoms with E-state index < -0.39 is 41.3 Å². The molecule has 0 saturated carbocycles. The molecule has 0 aliphatic carbocycles. The quantitative estimate of drug-likeness (QED) is 0.537. The number of hydrogen-bond acceptors (Lipinski definition) is 4. The lowest BCUT2D eigenvalue weighted by atomic mass is 9.82. The Labute approximate surface area is 168 Å². The summed E-state index contributed by atoms with van der Waals surface area (Å²) in [5.74, 6) is -1.91. The van der Waals surface area contributed by atoms with Gasteiger partial charge in [-0.3, -0.25) is 0 Å². The minimum absolute atomic E-state index is 0.0564. The lowest BCUT2D eigenvalue weighted by molar-refractivity contribution is -0.140. The summed E-state index contributed by atoms with van der Waals surface area (Å²) in [5, 5.41) is 6.84. The van der Waals surface area contributed by atoms with Gasteiger partial charge in [0, 0.05) is 11.8 Å². The summed E-state index contributed by atoms with van der Waals surface area (Å²) in [7, 11) is 0. The molecule has 0 saturated heterocycles. The first-order valence-corrected chi connectivity index (χ1v) is 8.93. The molecule has 0 amide bonds. The maximum atomic E-state index is 14.2. The second-order valence-corrected chi connectivity index (χ2v) is 7.95. The van der Waals surface area contributed by atoms with E-state index in [0.29, 0.717) is 11.8 Å². The van der Waals surface area contributed by atoms with Crippen molar-refractivity contribution in [2.24, 2.45) is 5.41 Å². The van der Waals surface area contributed by atoms with Gasteiger partial charge in [-0.15, -0.1) is 5.10 Å². The zero-order valence-corrected chi connectivity index (χ0v) is 16.5. The van der Waals surface area contributed by atoms with Crippen LogP contribution in [0.1, 0.15) is 55.9 Å². The topological polar surface area (TPSA) is 55.1 Å². The molecule has 5 nitrogen and oxygen atoms in total. The molecular weight excluding hydrogens is 412 g/mol. The zero-order chi connectivity index (χ0) is 22.4. The van der Waals surface area contributed by atoms with E-state index in [0.717, 1.165) is 10.6 Å². The normalized spacial score (nSPS) is 13.8. The molecule has 3 rings (SSSR count). The average molecular weight is 431 g/mol. The highest BCUT2D eigenvalue weighted by atomic mass is 19.4. The van der Waals surface area contributed by atoms with E-state index >= 15 is 0 Å². The number of halogens is 6. The van der Waals surface area contributed by atoms with Crippen molar-refractivity contribution >= 4 is 11.6 Å². The molecule has 30 heavy (non-hydrogen) atoms. The van der Waals surface area contributed by atoms with Crippen LogP contribution in [0, 0.1) is 18.2 Å². The Hall–Kier alpha value is -2.85. The van der Waals surface area contributed by atoms with Crippen LogP contribution in [-0.4, -0.2) is 19.6 Å². The van der Waals surface area contributed by atoms with Gasteiger partial charge in [0.1, 0.15) is 11.6 Å². The molecule has 0 aliphatic heterocycles. The molecule has 0 fully saturated rings. The van der Waals surface area contributed by atoms with E-state index in [1.807, 2.05) is 0 Å². The lowest BCUT2D eigenvalue weighted by Gasteiger charge is -2.33. The maximum Gasteiger partial charge on any atom is 0.419 e. The Balaban J connectivity index is 2.08. The van der Waals surface area contributed by atoms with Gasteiger partial charge in [0.25, 0.3) is 12.2 Å². The molecule has 11 heteroatoms. The molecule has 0 spiro atoms. The van der Waals surface area contributed by atoms with E-state index in [1.165, 1.54) is 12.1 Å². The van der Waals surface area contributed by atoms with Crippen LogP contribution >= 0.6 is 0 Å². The number of aromatic nitrogens is 4. The molecular formula is C19H19F6N5. The fourth-order valence-corrected chi connectivity index (χ4v) is 3.09. The van der Waals surface area contributed by atoms with Gasteiger partial charge in [0.2, 0.25) is 5.82 Å². The highest BCUT2D eigenvalue weighted by Gasteiger charge is 2.35. The number of benzene rings is 1. The number of anilines is 1. The van der Waals surface area contributed by atoms with Crippen molar-refractivity contribution in [3.05, 3.63) is 52.7 Å². The fourth-order valence-electron chi connectivity index (χ4n) is 3.09. The molecule has 1 unspecified atom stereocenters. The summed E-state index contributed by atoms with van der Waals surface area (Å²) in [4.78, 5) is 7.76. The van der Waals surface area contributed by atoms with Gasteiger partial charge in [-0.25, -0.2) is 18.2 Å². The third kappa shape index (κ3) is 4.34. The first-order chi connectivity index (χ1) is 13.8. The Morgan fingerprint density at radius 2 is 1.70 bits per heavy atom. The van der Waals surface area contributed by atoms with Crippen molar-refractivity contribution in [3.8, 4) is 0 Å². The van der Waals surface area contributed by atoms with Crippen LogP contribution < -0.4 is 5.32 Å². The largest absolute Gasteiger partial charge is 0.419 e. The van der Waals surface area contributed by atoms with Crippen LogP contribution in [-0.2, 0) is 6.18 Å². The van der Waals surface area contributed by atoms with Gasteiger partial charge in [-0.2, -0.15) is 22.7 Å². The second kappa shape index (κ2) is 7.44. The summed E-state index contributed by atoms with van der Waals surface area (Å²) < 4.78 is 80.0. The van der Waals surface area contributed by atoms with Gasteiger partial charge in [-0.1, -0.05) is 26.8 Å². The van der Waals surface area contributed by atoms with Gasteiger partial charge >= 0.3 is 6.18 Å². The number of fused-ring (bicyclic) bond motifs is 1. The van der Waals surface area contributed by atoms with E-state index in [1.54, 1.807) is 27.7 Å². The molecule has 0 radical (unpaired) electrons. The van der Waals surface area contributed by atoms with Gasteiger partial charge < -0.3 is 5.32 Å². The SMILES string of the molecule is Cc1cc(NC(c2ccc(C(F)(F)F)c(F)c2)C(C)(C)C)n2nc(C(F)F)nc2n1. The maximum absolute atomic E-state index is 14.2. The Morgan fingerprint density at radius 3 is 2.23 bits per heavy atom. The number of rotatable bonds is 4. The van der Waals surface area contributed by atoms with Crippen molar-refractivity contribution in [1.82, 2.24) is 19.6 Å². The molecule has 1 atom stereocenters. The van der Waals surface area contributed by atoms with Gasteiger partial charge in [0.05, 0.1) is 11.6 Å². The Morgan fingerprint density at radius 1 is 1.03 bits per heavy atom. The van der Waals surface area contributed by atoms with Crippen LogP contribution in [0.2, 0.25) is 0 Å². The van der Waals surface area contributed by atoms with Crippen LogP contribution in [0.15, 0.2) is 24.3 Å². The van der Waals surface area contributed by atoms with E-state index in [2.05, 4.69) is 20.4 Å². The molecule has 2 aromatic heterocycles. The first-order valence-electron chi connectivity index (χ1n) is 8.93. The molecule has 0 bridgehead atoms. The van der Waals surface area contributed by atoms with E-state index in [4.69, 9.17) is 0 Å². The molecule has 1 N–H and O–H groups in total. The highest BCUT2D eigenvalue weighted by Crippen LogP contribution is 2.38. The van der Waals surface area contributed by atoms with Crippen LogP contribution in [0.5, 0.6) is 0 Å². The monoisotopic (exact) mass is 431 g/mol. The summed E-state index contributed by atoms with van der Waals surface area (Å²) in [6.45, 7) is 7.04. The summed E-state index contributed by atoms with van der Waals surface area (Å²) in [6.07, 6.45) is -7.71. The summed E-state index contributed by atoms with van der Waals surface area (Å²) in [6, 6.07) is 3.55. The van der Waals surface area contributed by atoms with Crippen molar-refractivity contribution in [3.63, 3.8) is 0 Å². The Bertz CT molecular complexity index is 1070. The third-order valence-electron chi connectivity index (χ3n) is 4.44. The van der Waals surface area contributed by atoms with Gasteiger partial charge in [0.15, 0.2) is 0 Å². The number of nitrogens with zero attached hydrogens (tertiary/aromatic N) is 4. The van der Waals surface area contributed by atoms with Crippen LogP contribution in [0.4, 0.5) is 32.2 Å². The fraction of sp³-hybridized carbons (Fsp3) is 0.421. The summed E-state index contributed by atoms with van der Waals surface area (Å²) in [5.41, 5.74) is -1.24. The van der Waals surface area contributed by atoms with Crippen molar-refractivity contribution in [2.45, 2.75) is 46.3 Å². The van der Waals surface area contributed by atoms with E-state index in [-0.39, 0.29) is 17.2 Å². The summed E-state index contributed by atoms with van der Waals surface area (Å²) >= 11 is 0. The highest BCUT2D eigenvalue weighted by molar-refractivity contribution is 5.48. The molecule has 3 aromatic rings. The van der Waals surface area contributed by atoms with Crippen LogP contribution in [0.3, 0.4) is 0 Å². The average Bonchev–Trinajstić information content (AvgIpc) is 3.01. The minimum atomic E-state index is -4.81. The standard InChI is InChI=1S/C19H19F6N5/c1-9-7-13(30-17(26-9)28-16(29-30)15(21)22)27-14(18(2,3)4)10-5-6-11(12(20)8-10)19(23,24)25/h5-8,14-15,27H,1-4H3. The number of aryl methyl sites for hydroxylation is 1. The van der Waals surface area contributed by atoms with Crippen molar-refractivity contribution in [2.75, 3.05) is 5.32 Å². The molecule has 0 aliphatic rings. The molecule has 1 aromatic carbocycles. The smallest absolute Gasteiger partial charge is 0.363 e. The first kappa shape index (κ1) is 21.8. The van der Waals surface area contributed by atoms with Crippen molar-refractivity contribution in [1.29, 1.82) is 0 Å². The predicted octanol–water partition coefficient (Wildman–Crippen LogP) is 5.73. The third-order valence-corrected chi connectivity index (χ3v) is 4.44. The lowest BCUT2D eigenvalue weighted by Crippen LogP contribution is -2.27. The number of hydrogen-bond donors (Lipinski definition) is 1.